The molecule has 3 heterocycles. The van der Waals surface area contributed by atoms with Crippen LogP contribution in [0.3, 0.4) is 0 Å². The molecule has 0 aliphatic carbocycles. The second-order valence-corrected chi connectivity index (χ2v) is 16.6. The van der Waals surface area contributed by atoms with Crippen LogP contribution in [-0.2, 0) is 64.7 Å². The van der Waals surface area contributed by atoms with Gasteiger partial charge in [0.1, 0.15) is 24.4 Å². The number of hydrogen-bond donors (Lipinski definition) is 0. The van der Waals surface area contributed by atoms with Gasteiger partial charge in [0.25, 0.3) is 10.0 Å². The van der Waals surface area contributed by atoms with Crippen LogP contribution < -0.4 is 0 Å². The van der Waals surface area contributed by atoms with Crippen molar-refractivity contribution in [3.8, 4) is 0 Å². The molecule has 0 N–H and O–H groups in total. The summed E-state index contributed by atoms with van der Waals surface area (Å²) in [4.78, 5) is 6.82. The fourth-order valence-corrected chi connectivity index (χ4v) is 8.76. The van der Waals surface area contributed by atoms with Crippen LogP contribution >= 0.6 is 0 Å². The topological polar surface area (TPSA) is 156 Å². The fourth-order valence-electron chi connectivity index (χ4n) is 7.35. The van der Waals surface area contributed by atoms with Gasteiger partial charge in [-0.1, -0.05) is 115 Å². The van der Waals surface area contributed by atoms with Crippen LogP contribution in [0.15, 0.2) is 150 Å². The molecule has 62 heavy (non-hydrogen) atoms. The first kappa shape index (κ1) is 44.6. The first-order valence-corrected chi connectivity index (χ1v) is 22.1. The maximum absolute atomic E-state index is 13.8. The molecular weight excluding hydrogens is 814 g/mol. The van der Waals surface area contributed by atoms with E-state index in [1.807, 2.05) is 78.9 Å². The summed E-state index contributed by atoms with van der Waals surface area (Å²) in [5, 5.41) is 4.40. The Bertz CT molecular complexity index is 2440. The summed E-state index contributed by atoms with van der Waals surface area (Å²) in [7, 11) is -3.88. The molecule has 5 atom stereocenters. The molecule has 324 valence electrons. The van der Waals surface area contributed by atoms with Crippen LogP contribution in [0.2, 0.25) is 0 Å². The average Bonchev–Trinajstić information content (AvgIpc) is 3.69. The van der Waals surface area contributed by atoms with E-state index in [1.165, 1.54) is 16.2 Å². The molecule has 0 amide bonds. The fraction of sp³-hybridized carbons (Fsp3) is 0.340. The molecular formula is C47H50FN5O8S. The van der Waals surface area contributed by atoms with E-state index in [0.29, 0.717) is 30.7 Å². The number of nitrogens with zero attached hydrogens (tertiary/aromatic N) is 5. The van der Waals surface area contributed by atoms with Gasteiger partial charge in [0.05, 0.1) is 43.4 Å². The van der Waals surface area contributed by atoms with Gasteiger partial charge in [0.2, 0.25) is 5.95 Å². The Hall–Kier alpha value is -5.48. The molecule has 0 bridgehead atoms. The molecule has 7 rings (SSSR count). The van der Waals surface area contributed by atoms with Gasteiger partial charge in [-0.15, -0.1) is 0 Å². The molecule has 6 aromatic rings. The van der Waals surface area contributed by atoms with Gasteiger partial charge in [-0.05, 0) is 71.3 Å². The molecule has 4 aromatic carbocycles. The number of hydrogen-bond acceptors (Lipinski definition) is 10. The minimum Gasteiger partial charge on any atom is -0.379 e. The summed E-state index contributed by atoms with van der Waals surface area (Å²) >= 11 is 0. The second kappa shape index (κ2) is 22.6. The van der Waals surface area contributed by atoms with Crippen molar-refractivity contribution < 1.29 is 41.2 Å². The zero-order valence-electron chi connectivity index (χ0n) is 34.2. The molecule has 13 nitrogen and oxygen atoms in total. The number of para-hydroxylation sites is 1. The summed E-state index contributed by atoms with van der Waals surface area (Å²) in [6.07, 6.45) is 1.77. The third-order valence-electron chi connectivity index (χ3n) is 10.5. The van der Waals surface area contributed by atoms with E-state index in [2.05, 4.69) is 15.0 Å². The average molecular weight is 864 g/mol. The van der Waals surface area contributed by atoms with Gasteiger partial charge in [-0.2, -0.15) is 4.39 Å². The molecule has 1 aliphatic rings. The summed E-state index contributed by atoms with van der Waals surface area (Å²) in [5.74, 6) is -0.596. The highest BCUT2D eigenvalue weighted by atomic mass is 32.2. The Morgan fingerprint density at radius 1 is 0.710 bits per heavy atom. The predicted octanol–water partition coefficient (Wildman–Crippen LogP) is 8.95. The summed E-state index contributed by atoms with van der Waals surface area (Å²) in [6.45, 7) is 1.65. The van der Waals surface area contributed by atoms with Gasteiger partial charge in [0, 0.05) is 35.8 Å². The zero-order chi connectivity index (χ0) is 43.0. The Morgan fingerprint density at radius 2 is 1.35 bits per heavy atom. The smallest absolute Gasteiger partial charge is 0.268 e. The van der Waals surface area contributed by atoms with Crippen molar-refractivity contribution in [1.82, 2.24) is 8.96 Å². The Labute approximate surface area is 361 Å². The van der Waals surface area contributed by atoms with Crippen LogP contribution in [-0.4, -0.2) is 74.4 Å². The number of halogens is 1. The Kier molecular flexibility index (Phi) is 16.2. The van der Waals surface area contributed by atoms with E-state index in [0.717, 1.165) is 41.3 Å². The molecule has 0 unspecified atom stereocenters. The van der Waals surface area contributed by atoms with Crippen molar-refractivity contribution in [3.05, 3.63) is 178 Å². The van der Waals surface area contributed by atoms with Crippen LogP contribution in [0.4, 0.5) is 4.39 Å². The third-order valence-corrected chi connectivity index (χ3v) is 12.2. The lowest BCUT2D eigenvalue weighted by Gasteiger charge is -2.46. The molecule has 0 radical (unpaired) electrons. The standard InChI is InChI=1S/C47H50FN5O8S/c48-43-24-23-37(29-50-43)33-58-44-42(34-56-27-14-4-13-26-51-52-49)61-47(46(60-32-36-17-7-2-8-18-36)45(44)59-31-35-15-5-1-6-16-35)57-28-25-38-30-53(41-22-12-11-21-40(38)41)62(54,55)39-19-9-3-10-20-39/h1-3,5-12,15-24,29-30,42,44-47H,4,13-14,25-28,31-34H2/t42-,44-,45+,46-,47-/m1/s1. The van der Waals surface area contributed by atoms with Crippen molar-refractivity contribution in [2.75, 3.05) is 26.4 Å². The zero-order valence-corrected chi connectivity index (χ0v) is 35.0. The first-order chi connectivity index (χ1) is 30.4. The van der Waals surface area contributed by atoms with E-state index < -0.39 is 46.7 Å². The molecule has 2 aromatic heterocycles. The second-order valence-electron chi connectivity index (χ2n) is 14.8. The minimum absolute atomic E-state index is 0.0787. The lowest BCUT2D eigenvalue weighted by Crippen LogP contribution is -2.61. The predicted molar refractivity (Wildman–Crippen MR) is 231 cm³/mol. The van der Waals surface area contributed by atoms with E-state index in [1.54, 1.807) is 48.7 Å². The number of aromatic nitrogens is 2. The van der Waals surface area contributed by atoms with Crippen LogP contribution in [0.1, 0.15) is 41.5 Å². The SMILES string of the molecule is [N-]=[N+]=NCCCCCOC[C@H]1O[C@@H](OCCc2cn(S(=O)(=O)c3ccccc3)c3ccccc23)[C@H](OCc2ccccc2)[C@@H](OCc2ccccc2)[C@@H]1OCc1ccc(F)nc1. The van der Waals surface area contributed by atoms with Crippen LogP contribution in [0.5, 0.6) is 0 Å². The lowest BCUT2D eigenvalue weighted by atomic mass is 9.97. The summed E-state index contributed by atoms with van der Waals surface area (Å²) in [6, 6.07) is 38.2. The maximum Gasteiger partial charge on any atom is 0.268 e. The highest BCUT2D eigenvalue weighted by Gasteiger charge is 2.49. The number of fused-ring (bicyclic) bond motifs is 1. The molecule has 1 aliphatic heterocycles. The third kappa shape index (κ3) is 11.9. The number of azide groups is 1. The van der Waals surface area contributed by atoms with Gasteiger partial charge >= 0.3 is 0 Å². The van der Waals surface area contributed by atoms with E-state index >= 15 is 0 Å². The van der Waals surface area contributed by atoms with E-state index in [9.17, 15) is 12.8 Å². The highest BCUT2D eigenvalue weighted by molar-refractivity contribution is 7.90. The number of benzene rings is 4. The summed E-state index contributed by atoms with van der Waals surface area (Å²) in [5.41, 5.74) is 12.5. The van der Waals surface area contributed by atoms with Gasteiger partial charge in [-0.3, -0.25) is 0 Å². The van der Waals surface area contributed by atoms with Crippen LogP contribution in [0.25, 0.3) is 21.3 Å². The number of pyridine rings is 1. The highest BCUT2D eigenvalue weighted by Crippen LogP contribution is 2.33. The van der Waals surface area contributed by atoms with Gasteiger partial charge in [-0.25, -0.2) is 17.4 Å². The number of rotatable bonds is 23. The largest absolute Gasteiger partial charge is 0.379 e. The molecule has 1 saturated heterocycles. The van der Waals surface area contributed by atoms with Crippen molar-refractivity contribution >= 4 is 20.9 Å². The quantitative estimate of drug-likeness (QED) is 0.0202. The monoisotopic (exact) mass is 863 g/mol. The van der Waals surface area contributed by atoms with E-state index in [4.69, 9.17) is 34.0 Å². The molecule has 15 heteroatoms. The number of ether oxygens (including phenoxy) is 6. The van der Waals surface area contributed by atoms with Crippen molar-refractivity contribution in [2.45, 2.75) is 81.1 Å². The Balaban J connectivity index is 1.17. The number of unbranched alkanes of at least 4 members (excludes halogenated alkanes) is 2. The van der Waals surface area contributed by atoms with Gasteiger partial charge in [0.15, 0.2) is 6.29 Å². The maximum atomic E-state index is 13.8. The Morgan fingerprint density at radius 3 is 2.05 bits per heavy atom. The minimum atomic E-state index is -3.88. The van der Waals surface area contributed by atoms with Crippen molar-refractivity contribution in [2.24, 2.45) is 5.11 Å². The van der Waals surface area contributed by atoms with E-state index in [-0.39, 0.29) is 37.9 Å². The molecule has 1 fully saturated rings. The van der Waals surface area contributed by atoms with Crippen molar-refractivity contribution in [3.63, 3.8) is 0 Å². The summed E-state index contributed by atoms with van der Waals surface area (Å²) < 4.78 is 82.6. The van der Waals surface area contributed by atoms with Crippen LogP contribution in [0, 0.1) is 5.95 Å². The van der Waals surface area contributed by atoms with Crippen molar-refractivity contribution in [1.29, 1.82) is 0 Å². The first-order valence-electron chi connectivity index (χ1n) is 20.7. The molecule has 0 saturated carbocycles. The van der Waals surface area contributed by atoms with Gasteiger partial charge < -0.3 is 28.4 Å². The normalized spacial score (nSPS) is 19.0. The molecule has 0 spiro atoms. The lowest BCUT2D eigenvalue weighted by molar-refractivity contribution is -0.328.